The third kappa shape index (κ3) is 3.44. The SMILES string of the molecule is CCCCCc1cnc(C(C)N)s1. The molecule has 0 bridgehead atoms. The van der Waals surface area contributed by atoms with E-state index in [9.17, 15) is 0 Å². The number of aryl methyl sites for hydroxylation is 1. The van der Waals surface area contributed by atoms with Gasteiger partial charge in [-0.25, -0.2) is 4.98 Å². The lowest BCUT2D eigenvalue weighted by molar-refractivity contribution is 0.722. The largest absolute Gasteiger partial charge is 0.322 e. The summed E-state index contributed by atoms with van der Waals surface area (Å²) in [6.45, 7) is 4.20. The summed E-state index contributed by atoms with van der Waals surface area (Å²) >= 11 is 1.76. The number of aromatic nitrogens is 1. The van der Waals surface area contributed by atoms with Gasteiger partial charge in [-0.1, -0.05) is 19.8 Å². The fourth-order valence-corrected chi connectivity index (χ4v) is 2.11. The number of hydrogen-bond acceptors (Lipinski definition) is 3. The molecule has 0 radical (unpaired) electrons. The summed E-state index contributed by atoms with van der Waals surface area (Å²) in [7, 11) is 0. The van der Waals surface area contributed by atoms with Gasteiger partial charge in [-0.15, -0.1) is 11.3 Å². The van der Waals surface area contributed by atoms with Gasteiger partial charge in [-0.05, 0) is 19.8 Å². The zero-order valence-corrected chi connectivity index (χ0v) is 9.23. The zero-order valence-electron chi connectivity index (χ0n) is 8.42. The first-order chi connectivity index (χ1) is 6.24. The number of hydrogen-bond donors (Lipinski definition) is 1. The van der Waals surface area contributed by atoms with Gasteiger partial charge in [0.25, 0.3) is 0 Å². The normalized spacial score (nSPS) is 13.2. The van der Waals surface area contributed by atoms with Crippen LogP contribution in [0.3, 0.4) is 0 Å². The van der Waals surface area contributed by atoms with Gasteiger partial charge in [-0.3, -0.25) is 0 Å². The zero-order chi connectivity index (χ0) is 9.68. The maximum Gasteiger partial charge on any atom is 0.109 e. The van der Waals surface area contributed by atoms with Crippen molar-refractivity contribution in [3.63, 3.8) is 0 Å². The van der Waals surface area contributed by atoms with Crippen molar-refractivity contribution >= 4 is 11.3 Å². The second-order valence-corrected chi connectivity index (χ2v) is 4.56. The smallest absolute Gasteiger partial charge is 0.109 e. The number of nitrogens with two attached hydrogens (primary N) is 1. The molecule has 0 aliphatic carbocycles. The molecule has 2 nitrogen and oxygen atoms in total. The molecule has 1 atom stereocenters. The molecule has 0 amide bonds. The van der Waals surface area contributed by atoms with E-state index in [2.05, 4.69) is 11.9 Å². The van der Waals surface area contributed by atoms with Crippen molar-refractivity contribution < 1.29 is 0 Å². The highest BCUT2D eigenvalue weighted by Gasteiger charge is 2.05. The summed E-state index contributed by atoms with van der Waals surface area (Å²) in [5.41, 5.74) is 5.73. The maximum atomic E-state index is 5.73. The quantitative estimate of drug-likeness (QED) is 0.739. The van der Waals surface area contributed by atoms with Crippen LogP contribution in [-0.4, -0.2) is 4.98 Å². The number of thiazole rings is 1. The van der Waals surface area contributed by atoms with E-state index in [0.29, 0.717) is 0 Å². The van der Waals surface area contributed by atoms with E-state index in [1.807, 2.05) is 13.1 Å². The summed E-state index contributed by atoms with van der Waals surface area (Å²) in [5.74, 6) is 0. The summed E-state index contributed by atoms with van der Waals surface area (Å²) in [6, 6.07) is 0.0879. The van der Waals surface area contributed by atoms with Crippen molar-refractivity contribution in [2.45, 2.75) is 45.6 Å². The minimum Gasteiger partial charge on any atom is -0.322 e. The minimum atomic E-state index is 0.0879. The first-order valence-corrected chi connectivity index (χ1v) is 5.76. The van der Waals surface area contributed by atoms with Gasteiger partial charge in [0, 0.05) is 11.1 Å². The third-order valence-electron chi connectivity index (χ3n) is 1.99. The molecule has 0 saturated carbocycles. The molecule has 1 aromatic rings. The minimum absolute atomic E-state index is 0.0879. The average Bonchev–Trinajstić information content (AvgIpc) is 2.53. The Kier molecular flexibility index (Phi) is 4.39. The number of unbranched alkanes of at least 4 members (excludes halogenated alkanes) is 2. The van der Waals surface area contributed by atoms with E-state index in [-0.39, 0.29) is 6.04 Å². The summed E-state index contributed by atoms with van der Waals surface area (Å²) in [5, 5.41) is 1.06. The van der Waals surface area contributed by atoms with E-state index < -0.39 is 0 Å². The highest BCUT2D eigenvalue weighted by Crippen LogP contribution is 2.19. The first-order valence-electron chi connectivity index (χ1n) is 4.94. The Balaban J connectivity index is 2.40. The highest BCUT2D eigenvalue weighted by atomic mass is 32.1. The Hall–Kier alpha value is -0.410. The van der Waals surface area contributed by atoms with E-state index in [1.165, 1.54) is 24.1 Å². The van der Waals surface area contributed by atoms with Gasteiger partial charge >= 0.3 is 0 Å². The number of nitrogens with zero attached hydrogens (tertiary/aromatic N) is 1. The van der Waals surface area contributed by atoms with Crippen LogP contribution in [0.25, 0.3) is 0 Å². The monoisotopic (exact) mass is 198 g/mol. The van der Waals surface area contributed by atoms with E-state index >= 15 is 0 Å². The highest BCUT2D eigenvalue weighted by molar-refractivity contribution is 7.11. The molecular weight excluding hydrogens is 180 g/mol. The molecule has 1 heterocycles. The van der Waals surface area contributed by atoms with E-state index in [0.717, 1.165) is 11.4 Å². The Labute approximate surface area is 84.2 Å². The maximum absolute atomic E-state index is 5.73. The summed E-state index contributed by atoms with van der Waals surface area (Å²) in [4.78, 5) is 5.66. The lowest BCUT2D eigenvalue weighted by Gasteiger charge is -1.97. The molecular formula is C10H18N2S. The van der Waals surface area contributed by atoms with Crippen molar-refractivity contribution in [2.24, 2.45) is 5.73 Å². The molecule has 1 rings (SSSR count). The predicted molar refractivity (Wildman–Crippen MR) is 57.9 cm³/mol. The van der Waals surface area contributed by atoms with Crippen LogP contribution >= 0.6 is 11.3 Å². The number of rotatable bonds is 5. The molecule has 0 fully saturated rings. The second kappa shape index (κ2) is 5.35. The second-order valence-electron chi connectivity index (χ2n) is 3.41. The Bertz CT molecular complexity index is 243. The summed E-state index contributed by atoms with van der Waals surface area (Å²) in [6.07, 6.45) is 7.00. The van der Waals surface area contributed by atoms with Gasteiger partial charge in [-0.2, -0.15) is 0 Å². The standard InChI is InChI=1S/C10H18N2S/c1-3-4-5-6-9-7-12-10(13-9)8(2)11/h7-8H,3-6,11H2,1-2H3. The molecule has 0 aliphatic rings. The van der Waals surface area contributed by atoms with Gasteiger partial charge in [0.15, 0.2) is 0 Å². The van der Waals surface area contributed by atoms with Gasteiger partial charge in [0.1, 0.15) is 5.01 Å². The first kappa shape index (κ1) is 10.7. The van der Waals surface area contributed by atoms with Crippen LogP contribution in [0.5, 0.6) is 0 Å². The van der Waals surface area contributed by atoms with E-state index in [1.54, 1.807) is 11.3 Å². The van der Waals surface area contributed by atoms with Crippen molar-refractivity contribution in [2.75, 3.05) is 0 Å². The predicted octanol–water partition coefficient (Wildman–Crippen LogP) is 2.90. The van der Waals surface area contributed by atoms with Gasteiger partial charge < -0.3 is 5.73 Å². The lowest BCUT2D eigenvalue weighted by atomic mass is 10.2. The van der Waals surface area contributed by atoms with Crippen molar-refractivity contribution in [1.29, 1.82) is 0 Å². The third-order valence-corrected chi connectivity index (χ3v) is 3.25. The van der Waals surface area contributed by atoms with Crippen LogP contribution in [0.15, 0.2) is 6.20 Å². The molecule has 3 heteroatoms. The molecule has 0 aliphatic heterocycles. The Morgan fingerprint density at radius 2 is 2.31 bits per heavy atom. The van der Waals surface area contributed by atoms with Crippen molar-refractivity contribution in [3.05, 3.63) is 16.1 Å². The average molecular weight is 198 g/mol. The van der Waals surface area contributed by atoms with E-state index in [4.69, 9.17) is 5.73 Å². The van der Waals surface area contributed by atoms with Crippen LogP contribution in [0.1, 0.15) is 49.0 Å². The molecule has 0 aromatic carbocycles. The van der Waals surface area contributed by atoms with Crippen LogP contribution < -0.4 is 5.73 Å². The van der Waals surface area contributed by atoms with Crippen LogP contribution in [0.4, 0.5) is 0 Å². The molecule has 2 N–H and O–H groups in total. The van der Waals surface area contributed by atoms with Crippen molar-refractivity contribution in [3.8, 4) is 0 Å². The molecule has 13 heavy (non-hydrogen) atoms. The van der Waals surface area contributed by atoms with Crippen LogP contribution in [0, 0.1) is 0 Å². The summed E-state index contributed by atoms with van der Waals surface area (Å²) < 4.78 is 0. The van der Waals surface area contributed by atoms with Crippen molar-refractivity contribution in [1.82, 2.24) is 4.98 Å². The molecule has 74 valence electrons. The molecule has 1 aromatic heterocycles. The fourth-order valence-electron chi connectivity index (χ4n) is 1.20. The molecule has 1 unspecified atom stereocenters. The van der Waals surface area contributed by atoms with Gasteiger partial charge in [0.2, 0.25) is 0 Å². The van der Waals surface area contributed by atoms with Crippen LogP contribution in [-0.2, 0) is 6.42 Å². The Morgan fingerprint density at radius 1 is 1.54 bits per heavy atom. The lowest BCUT2D eigenvalue weighted by Crippen LogP contribution is -2.03. The van der Waals surface area contributed by atoms with Gasteiger partial charge in [0.05, 0.1) is 6.04 Å². The molecule has 0 spiro atoms. The van der Waals surface area contributed by atoms with Crippen LogP contribution in [0.2, 0.25) is 0 Å². The topological polar surface area (TPSA) is 38.9 Å². The fraction of sp³-hybridized carbons (Fsp3) is 0.700. The molecule has 0 saturated heterocycles. The Morgan fingerprint density at radius 3 is 2.85 bits per heavy atom.